The van der Waals surface area contributed by atoms with Gasteiger partial charge in [-0.1, -0.05) is 24.6 Å². The number of hydrogen-bond acceptors (Lipinski definition) is 3. The van der Waals surface area contributed by atoms with Crippen molar-refractivity contribution in [2.45, 2.75) is 20.3 Å². The molecule has 1 aromatic rings. The Morgan fingerprint density at radius 2 is 2.05 bits per heavy atom. The van der Waals surface area contributed by atoms with Crippen LogP contribution in [0.1, 0.15) is 18.9 Å². The van der Waals surface area contributed by atoms with Crippen molar-refractivity contribution in [3.63, 3.8) is 0 Å². The molecule has 0 spiro atoms. The number of amides is 1. The first kappa shape index (κ1) is 16.8. The highest BCUT2D eigenvalue weighted by Crippen LogP contribution is 2.24. The Hall–Kier alpha value is -1.27. The van der Waals surface area contributed by atoms with Crippen molar-refractivity contribution >= 4 is 33.2 Å². The predicted octanol–water partition coefficient (Wildman–Crippen LogP) is 1.94. The number of rotatable bonds is 6. The van der Waals surface area contributed by atoms with E-state index in [1.54, 1.807) is 25.1 Å². The van der Waals surface area contributed by atoms with E-state index in [2.05, 4.69) is 5.32 Å². The van der Waals surface area contributed by atoms with Gasteiger partial charge in [0.25, 0.3) is 0 Å². The van der Waals surface area contributed by atoms with Gasteiger partial charge in [0.05, 0.1) is 18.5 Å². The number of carbonyl (C=O) groups is 1. The van der Waals surface area contributed by atoms with Gasteiger partial charge in [0.1, 0.15) is 0 Å². The van der Waals surface area contributed by atoms with Crippen LogP contribution in [0.2, 0.25) is 5.02 Å². The van der Waals surface area contributed by atoms with Gasteiger partial charge in [0.2, 0.25) is 15.9 Å². The number of sulfonamides is 1. The van der Waals surface area contributed by atoms with E-state index in [4.69, 9.17) is 11.6 Å². The quantitative estimate of drug-likeness (QED) is 0.871. The first-order chi connectivity index (χ1) is 9.25. The first-order valence-electron chi connectivity index (χ1n) is 6.26. The molecule has 0 unspecified atom stereocenters. The fraction of sp³-hybridized carbons (Fsp3) is 0.462. The Balaban J connectivity index is 2.90. The van der Waals surface area contributed by atoms with Gasteiger partial charge in [0, 0.05) is 18.0 Å². The average molecular weight is 319 g/mol. The monoisotopic (exact) mass is 318 g/mol. The number of carbonyl (C=O) groups excluding carboxylic acids is 1. The number of anilines is 1. The SMILES string of the molecule is CCC(=O)NCCN(c1ccc(C)c(Cl)c1)S(C)(=O)=O. The fourth-order valence-corrected chi connectivity index (χ4v) is 2.74. The summed E-state index contributed by atoms with van der Waals surface area (Å²) in [6, 6.07) is 5.07. The molecule has 112 valence electrons. The van der Waals surface area contributed by atoms with E-state index in [-0.39, 0.29) is 19.0 Å². The highest BCUT2D eigenvalue weighted by molar-refractivity contribution is 7.92. The van der Waals surface area contributed by atoms with Crippen LogP contribution in [0.15, 0.2) is 18.2 Å². The predicted molar refractivity (Wildman–Crippen MR) is 81.7 cm³/mol. The molecule has 0 atom stereocenters. The second kappa shape index (κ2) is 6.95. The molecule has 5 nitrogen and oxygen atoms in total. The van der Waals surface area contributed by atoms with Gasteiger partial charge >= 0.3 is 0 Å². The van der Waals surface area contributed by atoms with Crippen molar-refractivity contribution in [2.24, 2.45) is 0 Å². The summed E-state index contributed by atoms with van der Waals surface area (Å²) in [4.78, 5) is 11.2. The van der Waals surface area contributed by atoms with Crippen molar-refractivity contribution in [1.29, 1.82) is 0 Å². The highest BCUT2D eigenvalue weighted by atomic mass is 35.5. The van der Waals surface area contributed by atoms with Crippen molar-refractivity contribution in [3.05, 3.63) is 28.8 Å². The van der Waals surface area contributed by atoms with Crippen molar-refractivity contribution < 1.29 is 13.2 Å². The lowest BCUT2D eigenvalue weighted by Crippen LogP contribution is -2.38. The third-order valence-electron chi connectivity index (χ3n) is 2.80. The summed E-state index contributed by atoms with van der Waals surface area (Å²) in [5.41, 5.74) is 1.37. The molecule has 0 saturated heterocycles. The van der Waals surface area contributed by atoms with Gasteiger partial charge in [-0.3, -0.25) is 9.10 Å². The molecule has 1 aromatic carbocycles. The molecule has 0 radical (unpaired) electrons. The summed E-state index contributed by atoms with van der Waals surface area (Å²) < 4.78 is 24.9. The van der Waals surface area contributed by atoms with Crippen molar-refractivity contribution in [2.75, 3.05) is 23.7 Å². The minimum Gasteiger partial charge on any atom is -0.354 e. The van der Waals surface area contributed by atoms with Gasteiger partial charge in [-0.25, -0.2) is 8.42 Å². The van der Waals surface area contributed by atoms with E-state index >= 15 is 0 Å². The summed E-state index contributed by atoms with van der Waals surface area (Å²) in [6.45, 7) is 4.01. The summed E-state index contributed by atoms with van der Waals surface area (Å²) in [6.07, 6.45) is 1.50. The maximum absolute atomic E-state index is 11.8. The fourth-order valence-electron chi connectivity index (χ4n) is 1.65. The summed E-state index contributed by atoms with van der Waals surface area (Å²) >= 11 is 6.02. The van der Waals surface area contributed by atoms with E-state index in [1.807, 2.05) is 6.92 Å². The molecule has 7 heteroatoms. The molecular formula is C13H19ClN2O3S. The van der Waals surface area contributed by atoms with E-state index in [9.17, 15) is 13.2 Å². The molecule has 0 aromatic heterocycles. The Bertz CT molecular complexity index is 587. The number of hydrogen-bond donors (Lipinski definition) is 1. The highest BCUT2D eigenvalue weighted by Gasteiger charge is 2.17. The van der Waals surface area contributed by atoms with E-state index < -0.39 is 10.0 Å². The maximum atomic E-state index is 11.8. The molecule has 0 saturated carbocycles. The van der Waals surface area contributed by atoms with E-state index in [0.29, 0.717) is 17.1 Å². The van der Waals surface area contributed by atoms with E-state index in [0.717, 1.165) is 11.8 Å². The van der Waals surface area contributed by atoms with Crippen LogP contribution >= 0.6 is 11.6 Å². The summed E-state index contributed by atoms with van der Waals surface area (Å²) in [5, 5.41) is 3.16. The number of aryl methyl sites for hydroxylation is 1. The molecule has 1 rings (SSSR count). The van der Waals surface area contributed by atoms with Crippen molar-refractivity contribution in [1.82, 2.24) is 5.32 Å². The van der Waals surface area contributed by atoms with Crippen LogP contribution in [0.4, 0.5) is 5.69 Å². The molecule has 1 amide bonds. The van der Waals surface area contributed by atoms with Gasteiger partial charge in [0.15, 0.2) is 0 Å². The minimum atomic E-state index is -3.43. The van der Waals surface area contributed by atoms with Crippen LogP contribution in [-0.4, -0.2) is 33.7 Å². The van der Waals surface area contributed by atoms with Crippen LogP contribution in [0.5, 0.6) is 0 Å². The van der Waals surface area contributed by atoms with Crippen LogP contribution in [-0.2, 0) is 14.8 Å². The van der Waals surface area contributed by atoms with Gasteiger partial charge in [-0.2, -0.15) is 0 Å². The Morgan fingerprint density at radius 1 is 1.40 bits per heavy atom. The smallest absolute Gasteiger partial charge is 0.232 e. The first-order valence-corrected chi connectivity index (χ1v) is 8.49. The van der Waals surface area contributed by atoms with Crippen LogP contribution in [0, 0.1) is 6.92 Å². The van der Waals surface area contributed by atoms with E-state index in [1.165, 1.54) is 4.31 Å². The molecule has 0 heterocycles. The zero-order valence-corrected chi connectivity index (χ0v) is 13.4. The molecule has 0 aliphatic carbocycles. The minimum absolute atomic E-state index is 0.111. The van der Waals surface area contributed by atoms with Crippen LogP contribution in [0.3, 0.4) is 0 Å². The normalized spacial score (nSPS) is 11.2. The molecule has 0 aliphatic heterocycles. The zero-order chi connectivity index (χ0) is 15.3. The summed E-state index contributed by atoms with van der Waals surface area (Å²) in [5.74, 6) is -0.111. The molecule has 0 fully saturated rings. The number of nitrogens with zero attached hydrogens (tertiary/aromatic N) is 1. The standard InChI is InChI=1S/C13H19ClN2O3S/c1-4-13(17)15-7-8-16(20(3,18)19)11-6-5-10(2)12(14)9-11/h5-6,9H,4,7-8H2,1-3H3,(H,15,17). The van der Waals surface area contributed by atoms with Gasteiger partial charge in [-0.05, 0) is 24.6 Å². The molecule has 0 aliphatic rings. The third-order valence-corrected chi connectivity index (χ3v) is 4.40. The second-order valence-corrected chi connectivity index (χ2v) is 6.79. The maximum Gasteiger partial charge on any atom is 0.232 e. The van der Waals surface area contributed by atoms with Crippen LogP contribution < -0.4 is 9.62 Å². The van der Waals surface area contributed by atoms with Gasteiger partial charge in [-0.15, -0.1) is 0 Å². The number of halogens is 1. The molecular weight excluding hydrogens is 300 g/mol. The number of benzene rings is 1. The molecule has 20 heavy (non-hydrogen) atoms. The average Bonchev–Trinajstić information content (AvgIpc) is 2.36. The second-order valence-electron chi connectivity index (χ2n) is 4.47. The Morgan fingerprint density at radius 3 is 2.55 bits per heavy atom. The lowest BCUT2D eigenvalue weighted by Gasteiger charge is -2.23. The third kappa shape index (κ3) is 4.68. The van der Waals surface area contributed by atoms with Gasteiger partial charge < -0.3 is 5.32 Å². The van der Waals surface area contributed by atoms with Crippen LogP contribution in [0.25, 0.3) is 0 Å². The largest absolute Gasteiger partial charge is 0.354 e. The summed E-state index contributed by atoms with van der Waals surface area (Å²) in [7, 11) is -3.43. The lowest BCUT2D eigenvalue weighted by molar-refractivity contribution is -0.120. The molecule has 1 N–H and O–H groups in total. The van der Waals surface area contributed by atoms with Crippen molar-refractivity contribution in [3.8, 4) is 0 Å². The molecule has 0 bridgehead atoms. The Kier molecular flexibility index (Phi) is 5.83. The lowest BCUT2D eigenvalue weighted by atomic mass is 10.2. The Labute approximate surface area is 125 Å². The zero-order valence-electron chi connectivity index (χ0n) is 11.8. The number of nitrogens with one attached hydrogen (secondary N) is 1. The topological polar surface area (TPSA) is 66.5 Å².